The first-order chi connectivity index (χ1) is 13.9. The van der Waals surface area contributed by atoms with Gasteiger partial charge in [0, 0.05) is 23.7 Å². The number of hydrogen-bond acceptors (Lipinski definition) is 5. The number of rotatable bonds is 5. The fourth-order valence-corrected chi connectivity index (χ4v) is 3.65. The van der Waals surface area contributed by atoms with Crippen LogP contribution >= 0.6 is 11.6 Å². The Morgan fingerprint density at radius 3 is 2.79 bits per heavy atom. The lowest BCUT2D eigenvalue weighted by Crippen LogP contribution is -2.41. The van der Waals surface area contributed by atoms with Crippen molar-refractivity contribution in [3.8, 4) is 17.4 Å². The number of carbonyl (C=O) groups excluding carboxylic acids is 1. The van der Waals surface area contributed by atoms with Crippen LogP contribution in [0.25, 0.3) is 17.4 Å². The molecule has 29 heavy (non-hydrogen) atoms. The molecule has 1 amide bonds. The molecule has 1 saturated carbocycles. The van der Waals surface area contributed by atoms with Gasteiger partial charge in [-0.2, -0.15) is 5.26 Å². The summed E-state index contributed by atoms with van der Waals surface area (Å²) in [7, 11) is 0. The van der Waals surface area contributed by atoms with E-state index in [1.165, 1.54) is 18.2 Å². The average molecular weight is 414 g/mol. The number of furan rings is 1. The van der Waals surface area contributed by atoms with Crippen molar-refractivity contribution in [1.29, 1.82) is 5.26 Å². The Balaban J connectivity index is 1.79. The molecule has 1 aliphatic rings. The molecule has 150 valence electrons. The summed E-state index contributed by atoms with van der Waals surface area (Å²) < 4.78 is 5.66. The molecule has 2 aromatic rings. The molecule has 7 nitrogen and oxygen atoms in total. The van der Waals surface area contributed by atoms with Gasteiger partial charge in [0.05, 0.1) is 4.92 Å². The third-order valence-corrected chi connectivity index (χ3v) is 5.45. The maximum atomic E-state index is 12.5. The number of hydrogen-bond donors (Lipinski definition) is 1. The Morgan fingerprint density at radius 1 is 1.34 bits per heavy atom. The summed E-state index contributed by atoms with van der Waals surface area (Å²) in [5.41, 5.74) is 0.196. The quantitative estimate of drug-likeness (QED) is 0.317. The summed E-state index contributed by atoms with van der Waals surface area (Å²) in [4.78, 5) is 23.0. The fraction of sp³-hybridized carbons (Fsp3) is 0.333. The van der Waals surface area contributed by atoms with Gasteiger partial charge in [0.15, 0.2) is 0 Å². The van der Waals surface area contributed by atoms with Gasteiger partial charge in [-0.1, -0.05) is 31.4 Å². The van der Waals surface area contributed by atoms with Crippen molar-refractivity contribution in [2.45, 2.75) is 38.6 Å². The molecule has 0 aliphatic heterocycles. The van der Waals surface area contributed by atoms with Gasteiger partial charge in [-0.05, 0) is 43.0 Å². The lowest BCUT2D eigenvalue weighted by Gasteiger charge is -2.29. The van der Waals surface area contributed by atoms with Crippen LogP contribution in [0.1, 0.15) is 38.4 Å². The minimum atomic E-state index is -0.569. The van der Waals surface area contributed by atoms with E-state index in [0.717, 1.165) is 25.7 Å². The number of carbonyl (C=O) groups is 1. The van der Waals surface area contributed by atoms with Gasteiger partial charge in [-0.15, -0.1) is 0 Å². The lowest BCUT2D eigenvalue weighted by atomic mass is 9.86. The Hall–Kier alpha value is -3.11. The van der Waals surface area contributed by atoms with E-state index in [-0.39, 0.29) is 22.3 Å². The van der Waals surface area contributed by atoms with Gasteiger partial charge < -0.3 is 9.73 Å². The van der Waals surface area contributed by atoms with Crippen LogP contribution in [0.5, 0.6) is 0 Å². The summed E-state index contributed by atoms with van der Waals surface area (Å²) in [6.45, 7) is 2.10. The van der Waals surface area contributed by atoms with E-state index in [9.17, 15) is 20.2 Å². The zero-order chi connectivity index (χ0) is 21.0. The molecular formula is C21H20ClN3O4. The zero-order valence-corrected chi connectivity index (χ0v) is 16.6. The van der Waals surface area contributed by atoms with Crippen LogP contribution in [0, 0.1) is 27.4 Å². The predicted octanol–water partition coefficient (Wildman–Crippen LogP) is 5.11. The molecule has 1 aromatic heterocycles. The van der Waals surface area contributed by atoms with Crippen molar-refractivity contribution >= 4 is 29.3 Å². The molecule has 1 aromatic carbocycles. The lowest BCUT2D eigenvalue weighted by molar-refractivity contribution is -0.384. The number of nitro groups is 1. The fourth-order valence-electron chi connectivity index (χ4n) is 3.46. The normalized spacial score (nSPS) is 19.4. The smallest absolute Gasteiger partial charge is 0.288 e. The van der Waals surface area contributed by atoms with E-state index in [1.807, 2.05) is 6.07 Å². The number of nitrogens with one attached hydrogen (secondary N) is 1. The number of amides is 1. The second-order valence-electron chi connectivity index (χ2n) is 7.14. The van der Waals surface area contributed by atoms with Crippen LogP contribution in [0.4, 0.5) is 5.69 Å². The van der Waals surface area contributed by atoms with Crippen LogP contribution in [-0.4, -0.2) is 16.9 Å². The monoisotopic (exact) mass is 413 g/mol. The van der Waals surface area contributed by atoms with Gasteiger partial charge in [0.2, 0.25) is 0 Å². The van der Waals surface area contributed by atoms with Gasteiger partial charge in [-0.25, -0.2) is 0 Å². The highest BCUT2D eigenvalue weighted by Gasteiger charge is 2.24. The number of nitriles is 1. The Labute approximate surface area is 173 Å². The first-order valence-corrected chi connectivity index (χ1v) is 9.73. The van der Waals surface area contributed by atoms with Gasteiger partial charge in [0.1, 0.15) is 28.2 Å². The van der Waals surface area contributed by atoms with Crippen LogP contribution < -0.4 is 5.32 Å². The second-order valence-corrected chi connectivity index (χ2v) is 7.54. The second kappa shape index (κ2) is 8.93. The topological polar surface area (TPSA) is 109 Å². The number of nitro benzene ring substituents is 1. The SMILES string of the molecule is C[C@@H]1CCCC[C@H]1NC(=O)/C(C#N)=C/c1ccc(-c2ccc(Cl)c([N+](=O)[O-])c2)o1. The van der Waals surface area contributed by atoms with Crippen LogP contribution in [-0.2, 0) is 4.79 Å². The highest BCUT2D eigenvalue weighted by molar-refractivity contribution is 6.32. The standard InChI is InChI=1S/C21H20ClN3O4/c1-13-4-2-3-5-18(13)24-21(26)15(12-23)10-16-7-9-20(29-16)14-6-8-17(22)19(11-14)25(27)28/h6-11,13,18H,2-5H2,1H3,(H,24,26)/b15-10+/t13-,18-/m1/s1. The van der Waals surface area contributed by atoms with E-state index >= 15 is 0 Å². The average Bonchev–Trinajstić information content (AvgIpc) is 3.16. The third-order valence-electron chi connectivity index (χ3n) is 5.13. The van der Waals surface area contributed by atoms with Gasteiger partial charge in [-0.3, -0.25) is 14.9 Å². The molecule has 0 bridgehead atoms. The first-order valence-electron chi connectivity index (χ1n) is 9.36. The Kier molecular flexibility index (Phi) is 6.35. The minimum absolute atomic E-state index is 0.0332. The first kappa shape index (κ1) is 20.6. The summed E-state index contributed by atoms with van der Waals surface area (Å²) in [5.74, 6) is 0.630. The van der Waals surface area contributed by atoms with E-state index in [4.69, 9.17) is 16.0 Å². The van der Waals surface area contributed by atoms with E-state index in [1.54, 1.807) is 18.2 Å². The number of nitrogens with zero attached hydrogens (tertiary/aromatic N) is 2. The number of halogens is 1. The highest BCUT2D eigenvalue weighted by Crippen LogP contribution is 2.31. The van der Waals surface area contributed by atoms with Crippen LogP contribution in [0.15, 0.2) is 40.3 Å². The molecule has 3 rings (SSSR count). The van der Waals surface area contributed by atoms with Crippen molar-refractivity contribution < 1.29 is 14.1 Å². The van der Waals surface area contributed by atoms with Crippen molar-refractivity contribution in [2.24, 2.45) is 5.92 Å². The molecule has 0 radical (unpaired) electrons. The van der Waals surface area contributed by atoms with Crippen LogP contribution in [0.3, 0.4) is 0 Å². The van der Waals surface area contributed by atoms with Crippen molar-refractivity contribution in [3.05, 3.63) is 56.8 Å². The maximum absolute atomic E-state index is 12.5. The van der Waals surface area contributed by atoms with Crippen molar-refractivity contribution in [1.82, 2.24) is 5.32 Å². The molecular weight excluding hydrogens is 394 g/mol. The Morgan fingerprint density at radius 2 is 2.10 bits per heavy atom. The van der Waals surface area contributed by atoms with Crippen LogP contribution in [0.2, 0.25) is 5.02 Å². The van der Waals surface area contributed by atoms with Crippen molar-refractivity contribution in [2.75, 3.05) is 0 Å². The molecule has 1 N–H and O–H groups in total. The molecule has 1 heterocycles. The molecule has 1 aliphatic carbocycles. The van der Waals surface area contributed by atoms with E-state index in [0.29, 0.717) is 23.0 Å². The summed E-state index contributed by atoms with van der Waals surface area (Å²) >= 11 is 5.83. The number of benzene rings is 1. The van der Waals surface area contributed by atoms with E-state index < -0.39 is 10.8 Å². The molecule has 2 atom stereocenters. The Bertz CT molecular complexity index is 1010. The van der Waals surface area contributed by atoms with E-state index in [2.05, 4.69) is 12.2 Å². The molecule has 0 spiro atoms. The predicted molar refractivity (Wildman–Crippen MR) is 109 cm³/mol. The summed E-state index contributed by atoms with van der Waals surface area (Å²) in [6.07, 6.45) is 5.57. The maximum Gasteiger partial charge on any atom is 0.288 e. The molecule has 0 unspecified atom stereocenters. The zero-order valence-electron chi connectivity index (χ0n) is 15.9. The van der Waals surface area contributed by atoms with Gasteiger partial charge >= 0.3 is 0 Å². The molecule has 0 saturated heterocycles. The highest BCUT2D eigenvalue weighted by atomic mass is 35.5. The van der Waals surface area contributed by atoms with Gasteiger partial charge in [0.25, 0.3) is 11.6 Å². The summed E-state index contributed by atoms with van der Waals surface area (Å²) in [6, 6.07) is 9.54. The third kappa shape index (κ3) is 4.84. The molecule has 8 heteroatoms. The summed E-state index contributed by atoms with van der Waals surface area (Å²) in [5, 5.41) is 23.4. The molecule has 1 fully saturated rings. The largest absolute Gasteiger partial charge is 0.457 e. The van der Waals surface area contributed by atoms with Crippen molar-refractivity contribution in [3.63, 3.8) is 0 Å². The minimum Gasteiger partial charge on any atom is -0.457 e.